The number of fused-ring (bicyclic) bond motifs is 9. The fourth-order valence-corrected chi connectivity index (χ4v) is 8.01. The highest BCUT2D eigenvalue weighted by molar-refractivity contribution is 6.25. The van der Waals surface area contributed by atoms with Crippen molar-refractivity contribution in [1.82, 2.24) is 0 Å². The minimum absolute atomic E-state index is 0.170. The van der Waals surface area contributed by atoms with Crippen LogP contribution < -0.4 is 0 Å². The standard InChI is InChI=1S/C50H30O/c1-2-13-33-29-34(22-21-31(33)11-1)36-25-26-44(39-16-6-5-15-38(36)39)49-42-19-9-7-17-40(42)48(41-18-8-10-20-43(41)49)35-24-27-46-45(30-35)50-37-14-4-3-12-32(37)23-28-47(50)51-46/h1-30H/i7D,8D,9D,10D,17D,18D,19D,20D. The summed E-state index contributed by atoms with van der Waals surface area (Å²) in [6.45, 7) is 0. The van der Waals surface area contributed by atoms with Crippen LogP contribution in [0.1, 0.15) is 11.0 Å². The SMILES string of the molecule is [2H]c1c([2H])c([2H])c2c(-c3ccc(-c4ccc5ccccc5c4)c4ccccc34)c3c([2H])c([2H])c([2H])c([2H])c3c(-c3ccc4oc5ccc6ccccc6c5c4c3)c2c1[2H]. The van der Waals surface area contributed by atoms with E-state index in [2.05, 4.69) is 30.3 Å². The Morgan fingerprint density at radius 3 is 1.65 bits per heavy atom. The summed E-state index contributed by atoms with van der Waals surface area (Å²) in [5.41, 5.74) is 4.99. The van der Waals surface area contributed by atoms with Crippen LogP contribution in [0.25, 0.3) is 109 Å². The van der Waals surface area contributed by atoms with E-state index in [1.54, 1.807) is 6.07 Å². The van der Waals surface area contributed by atoms with Crippen LogP contribution >= 0.6 is 0 Å². The van der Waals surface area contributed by atoms with Gasteiger partial charge < -0.3 is 4.42 Å². The molecule has 11 aromatic rings. The van der Waals surface area contributed by atoms with E-state index in [9.17, 15) is 5.48 Å². The lowest BCUT2D eigenvalue weighted by Gasteiger charge is -2.20. The van der Waals surface area contributed by atoms with Gasteiger partial charge in [-0.05, 0) is 112 Å². The number of furan rings is 1. The van der Waals surface area contributed by atoms with Crippen LogP contribution in [0.15, 0.2) is 186 Å². The Kier molecular flexibility index (Phi) is 4.57. The van der Waals surface area contributed by atoms with Crippen LogP contribution in [0.3, 0.4) is 0 Å². The van der Waals surface area contributed by atoms with Crippen LogP contribution in [0.2, 0.25) is 0 Å². The fraction of sp³-hybridized carbons (Fsp3) is 0. The summed E-state index contributed by atoms with van der Waals surface area (Å²) in [5.74, 6) is 0. The summed E-state index contributed by atoms with van der Waals surface area (Å²) >= 11 is 0. The lowest BCUT2D eigenvalue weighted by atomic mass is 9.83. The second-order valence-electron chi connectivity index (χ2n) is 13.0. The maximum atomic E-state index is 9.54. The van der Waals surface area contributed by atoms with Crippen molar-refractivity contribution in [1.29, 1.82) is 0 Å². The molecule has 10 aromatic carbocycles. The molecule has 0 bridgehead atoms. The molecule has 0 aliphatic carbocycles. The largest absolute Gasteiger partial charge is 0.456 e. The van der Waals surface area contributed by atoms with Crippen LogP contribution in [-0.4, -0.2) is 0 Å². The van der Waals surface area contributed by atoms with Crippen molar-refractivity contribution < 1.29 is 15.4 Å². The van der Waals surface area contributed by atoms with Crippen molar-refractivity contribution in [2.75, 3.05) is 0 Å². The molecule has 236 valence electrons. The van der Waals surface area contributed by atoms with Gasteiger partial charge in [0.1, 0.15) is 11.2 Å². The van der Waals surface area contributed by atoms with Crippen LogP contribution in [0.4, 0.5) is 0 Å². The number of hydrogen-bond donors (Lipinski definition) is 0. The van der Waals surface area contributed by atoms with Crippen molar-refractivity contribution in [2.24, 2.45) is 0 Å². The molecule has 0 radical (unpaired) electrons. The quantitative estimate of drug-likeness (QED) is 0.173. The van der Waals surface area contributed by atoms with Crippen molar-refractivity contribution in [3.05, 3.63) is 182 Å². The highest BCUT2D eigenvalue weighted by atomic mass is 16.3. The van der Waals surface area contributed by atoms with E-state index in [0.717, 1.165) is 54.2 Å². The molecule has 0 aliphatic heterocycles. The van der Waals surface area contributed by atoms with Gasteiger partial charge in [-0.15, -0.1) is 0 Å². The first-order valence-corrected chi connectivity index (χ1v) is 16.9. The van der Waals surface area contributed by atoms with Crippen LogP contribution in [-0.2, 0) is 0 Å². The minimum atomic E-state index is -0.438. The predicted octanol–water partition coefficient (Wildman–Crippen LogP) is 14.4. The van der Waals surface area contributed by atoms with Gasteiger partial charge in [-0.25, -0.2) is 0 Å². The van der Waals surface area contributed by atoms with Gasteiger partial charge in [-0.2, -0.15) is 0 Å². The Hall–Kier alpha value is -6.70. The normalized spacial score (nSPS) is 14.1. The molecule has 0 aliphatic rings. The Bertz CT molecular complexity index is 3580. The minimum Gasteiger partial charge on any atom is -0.456 e. The maximum Gasteiger partial charge on any atom is 0.136 e. The summed E-state index contributed by atoms with van der Waals surface area (Å²) in [6, 6.07) is 40.8. The third-order valence-electron chi connectivity index (χ3n) is 10.3. The Morgan fingerprint density at radius 1 is 0.353 bits per heavy atom. The third kappa shape index (κ3) is 4.22. The monoisotopic (exact) mass is 654 g/mol. The lowest BCUT2D eigenvalue weighted by Crippen LogP contribution is -1.92. The van der Waals surface area contributed by atoms with Gasteiger partial charge in [0.05, 0.1) is 11.0 Å². The zero-order valence-electron chi connectivity index (χ0n) is 35.1. The molecule has 1 heterocycles. The first-order chi connectivity index (χ1) is 28.6. The summed E-state index contributed by atoms with van der Waals surface area (Å²) in [7, 11) is 0. The van der Waals surface area contributed by atoms with E-state index in [1.807, 2.05) is 97.1 Å². The summed E-state index contributed by atoms with van der Waals surface area (Å²) in [6.07, 6.45) is 0. The van der Waals surface area contributed by atoms with Gasteiger partial charge >= 0.3 is 0 Å². The summed E-state index contributed by atoms with van der Waals surface area (Å²) < 4.78 is 80.2. The van der Waals surface area contributed by atoms with E-state index in [1.165, 1.54) is 0 Å². The van der Waals surface area contributed by atoms with Gasteiger partial charge in [0.15, 0.2) is 0 Å². The third-order valence-corrected chi connectivity index (χ3v) is 10.3. The molecule has 11 rings (SSSR count). The molecular weight excluding hydrogens is 617 g/mol. The lowest BCUT2D eigenvalue weighted by molar-refractivity contribution is 0.669. The van der Waals surface area contributed by atoms with Crippen molar-refractivity contribution in [3.8, 4) is 33.4 Å². The zero-order chi connectivity index (χ0) is 40.4. The Balaban J connectivity index is 1.31. The zero-order valence-corrected chi connectivity index (χ0v) is 27.1. The smallest absolute Gasteiger partial charge is 0.136 e. The predicted molar refractivity (Wildman–Crippen MR) is 218 cm³/mol. The van der Waals surface area contributed by atoms with E-state index >= 15 is 0 Å². The van der Waals surface area contributed by atoms with Gasteiger partial charge in [0.2, 0.25) is 0 Å². The number of rotatable bonds is 3. The van der Waals surface area contributed by atoms with E-state index < -0.39 is 24.2 Å². The second-order valence-corrected chi connectivity index (χ2v) is 13.0. The number of hydrogen-bond acceptors (Lipinski definition) is 1. The molecule has 0 fully saturated rings. The van der Waals surface area contributed by atoms with E-state index in [-0.39, 0.29) is 45.7 Å². The molecule has 1 aromatic heterocycles. The molecule has 1 heteroatoms. The average molecular weight is 655 g/mol. The Morgan fingerprint density at radius 2 is 0.902 bits per heavy atom. The highest BCUT2D eigenvalue weighted by Crippen LogP contribution is 2.47. The topological polar surface area (TPSA) is 13.1 Å². The molecule has 1 nitrogen and oxygen atoms in total. The van der Waals surface area contributed by atoms with Crippen LogP contribution in [0, 0.1) is 0 Å². The average Bonchev–Trinajstić information content (AvgIpc) is 3.66. The molecule has 0 amide bonds. The Labute approximate surface area is 305 Å². The fourth-order valence-electron chi connectivity index (χ4n) is 8.01. The first-order valence-electron chi connectivity index (χ1n) is 20.9. The maximum absolute atomic E-state index is 9.54. The van der Waals surface area contributed by atoms with E-state index in [0.29, 0.717) is 33.4 Å². The molecule has 0 saturated carbocycles. The molecule has 0 N–H and O–H groups in total. The first kappa shape index (κ1) is 21.4. The highest BCUT2D eigenvalue weighted by Gasteiger charge is 2.20. The van der Waals surface area contributed by atoms with Crippen molar-refractivity contribution in [2.45, 2.75) is 0 Å². The molecule has 51 heavy (non-hydrogen) atoms. The molecule has 0 spiro atoms. The molecule has 0 saturated heterocycles. The van der Waals surface area contributed by atoms with E-state index in [4.69, 9.17) is 9.90 Å². The second kappa shape index (κ2) is 10.9. The van der Waals surface area contributed by atoms with Gasteiger partial charge in [0.25, 0.3) is 0 Å². The molecular formula is C50H30O. The molecule has 0 atom stereocenters. The van der Waals surface area contributed by atoms with Crippen molar-refractivity contribution >= 4 is 75.8 Å². The summed E-state index contributed by atoms with van der Waals surface area (Å²) in [5, 5.41) is 8.21. The van der Waals surface area contributed by atoms with Crippen molar-refractivity contribution in [3.63, 3.8) is 0 Å². The molecule has 0 unspecified atom stereocenters. The van der Waals surface area contributed by atoms with Gasteiger partial charge in [-0.1, -0.05) is 158 Å². The van der Waals surface area contributed by atoms with Gasteiger partial charge in [-0.3, -0.25) is 0 Å². The number of benzene rings is 10. The van der Waals surface area contributed by atoms with Gasteiger partial charge in [0, 0.05) is 10.8 Å². The van der Waals surface area contributed by atoms with Crippen LogP contribution in [0.5, 0.6) is 0 Å². The summed E-state index contributed by atoms with van der Waals surface area (Å²) in [4.78, 5) is 0.